The van der Waals surface area contributed by atoms with Crippen LogP contribution in [-0.2, 0) is 28.0 Å². The lowest BCUT2D eigenvalue weighted by molar-refractivity contribution is -0.180. The van der Waals surface area contributed by atoms with Crippen molar-refractivity contribution in [1.29, 1.82) is 0 Å². The van der Waals surface area contributed by atoms with E-state index in [9.17, 15) is 4.79 Å². The number of likely N-dealkylation sites (N-methyl/N-ethyl adjacent to an activating group) is 1. The van der Waals surface area contributed by atoms with Crippen molar-refractivity contribution in [3.05, 3.63) is 0 Å². The Bertz CT molecular complexity index is 683. The average Bonchev–Trinajstić information content (AvgIpc) is 2.84. The zero-order valence-electron chi connectivity index (χ0n) is 24.0. The van der Waals surface area contributed by atoms with Crippen LogP contribution in [0.5, 0.6) is 0 Å². The van der Waals surface area contributed by atoms with E-state index in [1.54, 1.807) is 7.05 Å². The van der Waals surface area contributed by atoms with Crippen molar-refractivity contribution in [2.24, 2.45) is 0 Å². The molecule has 9 heteroatoms. The van der Waals surface area contributed by atoms with E-state index < -0.39 is 34.1 Å². The number of hydrogen-bond acceptors (Lipinski definition) is 6. The lowest BCUT2D eigenvalue weighted by Crippen LogP contribution is -2.53. The zero-order valence-corrected chi connectivity index (χ0v) is 26.0. The summed E-state index contributed by atoms with van der Waals surface area (Å²) < 4.78 is 25.9. The lowest BCUT2D eigenvalue weighted by atomic mass is 9.95. The molecule has 0 N–H and O–H groups in total. The summed E-state index contributed by atoms with van der Waals surface area (Å²) in [4.78, 5) is 18.5. The molecule has 0 saturated carbocycles. The Balaban J connectivity index is 3.24. The molecule has 1 heterocycles. The highest BCUT2D eigenvalue weighted by Crippen LogP contribution is 2.43. The summed E-state index contributed by atoms with van der Waals surface area (Å²) in [5.74, 6) is -1.00. The number of carbonyl (C=O) groups excluding carboxylic acids is 1. The molecule has 1 rings (SSSR count). The van der Waals surface area contributed by atoms with Crippen molar-refractivity contribution in [1.82, 2.24) is 5.06 Å². The fourth-order valence-electron chi connectivity index (χ4n) is 3.30. The molecule has 1 aliphatic rings. The first-order valence-corrected chi connectivity index (χ1v) is 17.8. The van der Waals surface area contributed by atoms with Crippen molar-refractivity contribution >= 4 is 22.5 Å². The largest absolute Gasteiger partial charge is 0.414 e. The number of hydrogen-bond donors (Lipinski definition) is 0. The quantitative estimate of drug-likeness (QED) is 0.295. The molecule has 0 aromatic heterocycles. The van der Waals surface area contributed by atoms with Gasteiger partial charge in [-0.1, -0.05) is 41.5 Å². The van der Waals surface area contributed by atoms with Gasteiger partial charge in [-0.2, -0.15) is 0 Å². The molecule has 0 aromatic rings. The molecule has 1 aliphatic heterocycles. The summed E-state index contributed by atoms with van der Waals surface area (Å²) in [6.07, 6.45) is -0.716. The zero-order chi connectivity index (χ0) is 26.3. The third-order valence-electron chi connectivity index (χ3n) is 7.64. The van der Waals surface area contributed by atoms with Gasteiger partial charge in [0.15, 0.2) is 22.4 Å². The van der Waals surface area contributed by atoms with E-state index in [-0.39, 0.29) is 22.1 Å². The number of amides is 1. The molecule has 3 atom stereocenters. The highest BCUT2D eigenvalue weighted by atomic mass is 28.4. The van der Waals surface area contributed by atoms with E-state index in [1.165, 1.54) is 12.2 Å². The third-order valence-corrected chi connectivity index (χ3v) is 16.6. The second-order valence-electron chi connectivity index (χ2n) is 13.1. The van der Waals surface area contributed by atoms with Crippen LogP contribution in [0.2, 0.25) is 36.3 Å². The van der Waals surface area contributed by atoms with Crippen LogP contribution in [0.25, 0.3) is 0 Å². The van der Waals surface area contributed by atoms with Crippen molar-refractivity contribution < 1.29 is 28.0 Å². The van der Waals surface area contributed by atoms with Crippen molar-refractivity contribution in [3.63, 3.8) is 0 Å². The maximum atomic E-state index is 13.3. The molecule has 0 spiro atoms. The molecule has 1 fully saturated rings. The standard InChI is InChI=1S/C24H51NO6Si2/c1-21(2,3)32(12,13)28-17-24(9)19(29-23(7,8)31-24)16-18(20(26)25(10)27-11)30-33(14,15)22(4,5)6/h18-19H,16-17H2,1-15H3/t18-,19+,24+/m0/s1. The lowest BCUT2D eigenvalue weighted by Gasteiger charge is -2.41. The average molecular weight is 506 g/mol. The Morgan fingerprint density at radius 1 is 1.00 bits per heavy atom. The van der Waals surface area contributed by atoms with E-state index in [1.807, 2.05) is 20.8 Å². The maximum absolute atomic E-state index is 13.3. The molecule has 196 valence electrons. The summed E-state index contributed by atoms with van der Waals surface area (Å²) in [7, 11) is -1.15. The van der Waals surface area contributed by atoms with Gasteiger partial charge in [0.05, 0.1) is 19.8 Å². The molecule has 0 aliphatic carbocycles. The normalized spacial score (nSPS) is 25.2. The summed E-state index contributed by atoms with van der Waals surface area (Å²) in [6, 6.07) is 0. The molecule has 7 nitrogen and oxygen atoms in total. The molecule has 0 radical (unpaired) electrons. The van der Waals surface area contributed by atoms with Crippen molar-refractivity contribution in [2.75, 3.05) is 20.8 Å². The van der Waals surface area contributed by atoms with E-state index >= 15 is 0 Å². The minimum absolute atomic E-state index is 0.0434. The number of rotatable bonds is 9. The van der Waals surface area contributed by atoms with Crippen LogP contribution >= 0.6 is 0 Å². The fraction of sp³-hybridized carbons (Fsp3) is 0.958. The molecular formula is C24H51NO6Si2. The van der Waals surface area contributed by atoms with Gasteiger partial charge in [0.25, 0.3) is 5.91 Å². The van der Waals surface area contributed by atoms with Crippen LogP contribution in [0.15, 0.2) is 0 Å². The Kier molecular flexibility index (Phi) is 9.30. The van der Waals surface area contributed by atoms with Gasteiger partial charge in [-0.3, -0.25) is 9.63 Å². The van der Waals surface area contributed by atoms with Crippen LogP contribution in [0, 0.1) is 0 Å². The van der Waals surface area contributed by atoms with E-state index in [0.29, 0.717) is 13.0 Å². The van der Waals surface area contributed by atoms with Gasteiger partial charge in [0.1, 0.15) is 11.7 Å². The monoisotopic (exact) mass is 505 g/mol. The Morgan fingerprint density at radius 2 is 1.48 bits per heavy atom. The molecular weight excluding hydrogens is 454 g/mol. The van der Waals surface area contributed by atoms with Gasteiger partial charge in [-0.05, 0) is 57.0 Å². The topological polar surface area (TPSA) is 66.5 Å². The summed E-state index contributed by atoms with van der Waals surface area (Å²) >= 11 is 0. The molecule has 0 bridgehead atoms. The second kappa shape index (κ2) is 9.99. The molecule has 1 saturated heterocycles. The van der Waals surface area contributed by atoms with Crippen LogP contribution in [0.1, 0.15) is 68.7 Å². The maximum Gasteiger partial charge on any atom is 0.273 e. The Morgan fingerprint density at radius 3 is 1.91 bits per heavy atom. The van der Waals surface area contributed by atoms with Crippen LogP contribution in [0.3, 0.4) is 0 Å². The SMILES string of the molecule is CON(C)C(=O)[C@H](C[C@H]1OC(C)(C)O[C@]1(C)CO[Si](C)(C)C(C)(C)C)O[Si](C)(C)C(C)(C)C. The van der Waals surface area contributed by atoms with Crippen LogP contribution in [0.4, 0.5) is 0 Å². The van der Waals surface area contributed by atoms with Gasteiger partial charge in [0, 0.05) is 13.5 Å². The molecule has 0 unspecified atom stereocenters. The minimum Gasteiger partial charge on any atom is -0.414 e. The van der Waals surface area contributed by atoms with Gasteiger partial charge >= 0.3 is 0 Å². The van der Waals surface area contributed by atoms with Gasteiger partial charge < -0.3 is 18.3 Å². The van der Waals surface area contributed by atoms with E-state index in [0.717, 1.165) is 0 Å². The van der Waals surface area contributed by atoms with E-state index in [4.69, 9.17) is 23.2 Å². The summed E-state index contributed by atoms with van der Waals surface area (Å²) in [5, 5.41) is 1.28. The Hall–Kier alpha value is -0.296. The first-order valence-electron chi connectivity index (χ1n) is 12.0. The van der Waals surface area contributed by atoms with E-state index in [2.05, 4.69) is 67.7 Å². The predicted molar refractivity (Wildman–Crippen MR) is 138 cm³/mol. The highest BCUT2D eigenvalue weighted by Gasteiger charge is 2.54. The highest BCUT2D eigenvalue weighted by molar-refractivity contribution is 6.74. The first-order chi connectivity index (χ1) is 14.5. The number of ether oxygens (including phenoxy) is 2. The second-order valence-corrected chi connectivity index (χ2v) is 22.7. The summed E-state index contributed by atoms with van der Waals surface area (Å²) in [6.45, 7) is 28.1. The number of carbonyl (C=O) groups is 1. The molecule has 33 heavy (non-hydrogen) atoms. The van der Waals surface area contributed by atoms with Gasteiger partial charge in [0.2, 0.25) is 0 Å². The van der Waals surface area contributed by atoms with Crippen molar-refractivity contribution in [2.45, 2.75) is 129 Å². The molecule has 0 aromatic carbocycles. The Labute approximate surface area is 205 Å². The smallest absolute Gasteiger partial charge is 0.273 e. The fourth-order valence-corrected chi connectivity index (χ4v) is 5.64. The van der Waals surface area contributed by atoms with Gasteiger partial charge in [-0.15, -0.1) is 0 Å². The number of nitrogens with zero attached hydrogens (tertiary/aromatic N) is 1. The van der Waals surface area contributed by atoms with Crippen LogP contribution in [-0.4, -0.2) is 72.0 Å². The predicted octanol–water partition coefficient (Wildman–Crippen LogP) is 5.72. The van der Waals surface area contributed by atoms with Crippen molar-refractivity contribution in [3.8, 4) is 0 Å². The van der Waals surface area contributed by atoms with Crippen LogP contribution < -0.4 is 0 Å². The first kappa shape index (κ1) is 30.7. The third kappa shape index (κ3) is 7.59. The van der Waals surface area contributed by atoms with Gasteiger partial charge in [-0.25, -0.2) is 5.06 Å². The molecule has 1 amide bonds. The summed E-state index contributed by atoms with van der Waals surface area (Å²) in [5.41, 5.74) is -0.708. The number of hydroxylamine groups is 2. The minimum atomic E-state index is -2.24.